The summed E-state index contributed by atoms with van der Waals surface area (Å²) in [6.07, 6.45) is 4.08. The van der Waals surface area contributed by atoms with Crippen LogP contribution in [0.15, 0.2) is 23.1 Å². The first-order valence-corrected chi connectivity index (χ1v) is 8.62. The number of nitrogens with zero attached hydrogens (tertiary/aromatic N) is 1. The van der Waals surface area contributed by atoms with Crippen molar-refractivity contribution in [1.82, 2.24) is 4.31 Å². The Hall–Kier alpha value is -1.40. The maximum absolute atomic E-state index is 12.7. The van der Waals surface area contributed by atoms with Gasteiger partial charge in [0.2, 0.25) is 10.0 Å². The van der Waals surface area contributed by atoms with Gasteiger partial charge in [-0.25, -0.2) is 8.42 Å². The molecule has 0 radical (unpaired) electrons. The van der Waals surface area contributed by atoms with E-state index in [4.69, 9.17) is 5.11 Å². The van der Waals surface area contributed by atoms with Crippen LogP contribution in [0, 0.1) is 0 Å². The normalized spacial score (nSPS) is 15.2. The molecule has 0 heterocycles. The van der Waals surface area contributed by atoms with E-state index in [1.165, 1.54) is 5.56 Å². The molecule has 1 aliphatic rings. The van der Waals surface area contributed by atoms with Crippen molar-refractivity contribution in [3.05, 3.63) is 29.3 Å². The number of benzene rings is 1. The molecule has 0 atom stereocenters. The molecular weight excluding hydrogens is 290 g/mol. The molecule has 1 aromatic rings. The Morgan fingerprint density at radius 1 is 1.24 bits per heavy atom. The maximum Gasteiger partial charge on any atom is 0.318 e. The van der Waals surface area contributed by atoms with Crippen molar-refractivity contribution in [3.63, 3.8) is 0 Å². The number of carbonyl (C=O) groups is 1. The smallest absolute Gasteiger partial charge is 0.318 e. The van der Waals surface area contributed by atoms with Gasteiger partial charge < -0.3 is 5.11 Å². The average molecular weight is 311 g/mol. The van der Waals surface area contributed by atoms with Crippen LogP contribution in [0.2, 0.25) is 0 Å². The third-order valence-electron chi connectivity index (χ3n) is 3.79. The summed E-state index contributed by atoms with van der Waals surface area (Å²) >= 11 is 0. The number of rotatable bonds is 5. The van der Waals surface area contributed by atoms with Crippen LogP contribution in [0.5, 0.6) is 0 Å². The van der Waals surface area contributed by atoms with Gasteiger partial charge in [-0.1, -0.05) is 6.07 Å². The number of hydrogen-bond donors (Lipinski definition) is 1. The highest BCUT2D eigenvalue weighted by molar-refractivity contribution is 7.89. The molecule has 0 amide bonds. The molecule has 0 saturated carbocycles. The van der Waals surface area contributed by atoms with E-state index in [1.54, 1.807) is 26.0 Å². The summed E-state index contributed by atoms with van der Waals surface area (Å²) in [5, 5.41) is 8.93. The standard InChI is InChI=1S/C15H21NO4S/c1-11(2)16(10-15(17)18)21(19,20)14-8-7-12-5-3-4-6-13(12)9-14/h7-9,11H,3-6,10H2,1-2H3,(H,17,18). The van der Waals surface area contributed by atoms with Gasteiger partial charge in [0.25, 0.3) is 0 Å². The Labute approximate surface area is 125 Å². The summed E-state index contributed by atoms with van der Waals surface area (Å²) in [6, 6.07) is 4.76. The molecule has 21 heavy (non-hydrogen) atoms. The van der Waals surface area contributed by atoms with Gasteiger partial charge in [-0.2, -0.15) is 4.31 Å². The highest BCUT2D eigenvalue weighted by atomic mass is 32.2. The topological polar surface area (TPSA) is 74.7 Å². The average Bonchev–Trinajstić information content (AvgIpc) is 2.43. The third-order valence-corrected chi connectivity index (χ3v) is 5.81. The van der Waals surface area contributed by atoms with Crippen molar-refractivity contribution in [2.24, 2.45) is 0 Å². The first-order chi connectivity index (χ1) is 9.82. The predicted octanol–water partition coefficient (Wildman–Crippen LogP) is 2.05. The lowest BCUT2D eigenvalue weighted by molar-refractivity contribution is -0.137. The number of carboxylic acid groups (broad SMARTS) is 1. The molecule has 6 heteroatoms. The highest BCUT2D eigenvalue weighted by Crippen LogP contribution is 2.26. The molecular formula is C15H21NO4S. The zero-order chi connectivity index (χ0) is 15.6. The SMILES string of the molecule is CC(C)N(CC(=O)O)S(=O)(=O)c1ccc2c(c1)CCCC2. The summed E-state index contributed by atoms with van der Waals surface area (Å²) in [5.41, 5.74) is 2.27. The molecule has 1 N–H and O–H groups in total. The Balaban J connectivity index is 2.40. The van der Waals surface area contributed by atoms with Gasteiger partial charge in [-0.05, 0) is 62.8 Å². The molecule has 2 rings (SSSR count). The molecule has 0 unspecified atom stereocenters. The highest BCUT2D eigenvalue weighted by Gasteiger charge is 2.29. The van der Waals surface area contributed by atoms with E-state index in [9.17, 15) is 13.2 Å². The Bertz CT molecular complexity index is 637. The number of sulfonamides is 1. The van der Waals surface area contributed by atoms with Crippen LogP contribution in [-0.2, 0) is 27.7 Å². The zero-order valence-electron chi connectivity index (χ0n) is 12.4. The van der Waals surface area contributed by atoms with Crippen LogP contribution in [0.25, 0.3) is 0 Å². The number of aliphatic carboxylic acids is 1. The number of fused-ring (bicyclic) bond motifs is 1. The summed E-state index contributed by atoms with van der Waals surface area (Å²) < 4.78 is 26.3. The van der Waals surface area contributed by atoms with Crippen LogP contribution in [-0.4, -0.2) is 36.4 Å². The summed E-state index contributed by atoms with van der Waals surface area (Å²) in [5.74, 6) is -1.15. The lowest BCUT2D eigenvalue weighted by Crippen LogP contribution is -2.40. The quantitative estimate of drug-likeness (QED) is 0.903. The molecule has 116 valence electrons. The Morgan fingerprint density at radius 2 is 1.86 bits per heavy atom. The lowest BCUT2D eigenvalue weighted by Gasteiger charge is -2.25. The molecule has 0 aromatic heterocycles. The van der Waals surface area contributed by atoms with Crippen LogP contribution in [0.1, 0.15) is 37.8 Å². The van der Waals surface area contributed by atoms with Crippen LogP contribution < -0.4 is 0 Å². The second kappa shape index (κ2) is 6.15. The van der Waals surface area contributed by atoms with Gasteiger partial charge in [0.15, 0.2) is 0 Å². The fraction of sp³-hybridized carbons (Fsp3) is 0.533. The Morgan fingerprint density at radius 3 is 2.43 bits per heavy atom. The van der Waals surface area contributed by atoms with Gasteiger partial charge >= 0.3 is 5.97 Å². The van der Waals surface area contributed by atoms with Gasteiger partial charge in [0.1, 0.15) is 6.54 Å². The molecule has 0 saturated heterocycles. The van der Waals surface area contributed by atoms with Gasteiger partial charge in [0, 0.05) is 6.04 Å². The molecule has 5 nitrogen and oxygen atoms in total. The molecule has 0 bridgehead atoms. The van der Waals surface area contributed by atoms with E-state index in [0.717, 1.165) is 35.6 Å². The van der Waals surface area contributed by atoms with Crippen LogP contribution in [0.4, 0.5) is 0 Å². The van der Waals surface area contributed by atoms with E-state index in [0.29, 0.717) is 0 Å². The molecule has 1 aliphatic carbocycles. The lowest BCUT2D eigenvalue weighted by atomic mass is 9.92. The molecule has 1 aromatic carbocycles. The minimum absolute atomic E-state index is 0.193. The molecule has 0 fully saturated rings. The van der Waals surface area contributed by atoms with Crippen molar-refractivity contribution in [2.75, 3.05) is 6.54 Å². The van der Waals surface area contributed by atoms with E-state index in [2.05, 4.69) is 0 Å². The minimum atomic E-state index is -3.78. The molecule has 0 spiro atoms. The monoisotopic (exact) mass is 311 g/mol. The van der Waals surface area contributed by atoms with Crippen molar-refractivity contribution in [1.29, 1.82) is 0 Å². The summed E-state index contributed by atoms with van der Waals surface area (Å²) in [4.78, 5) is 11.1. The molecule has 0 aliphatic heterocycles. The predicted molar refractivity (Wildman–Crippen MR) is 79.7 cm³/mol. The van der Waals surface area contributed by atoms with Crippen molar-refractivity contribution in [2.45, 2.75) is 50.5 Å². The van der Waals surface area contributed by atoms with Crippen molar-refractivity contribution in [3.8, 4) is 0 Å². The van der Waals surface area contributed by atoms with Crippen LogP contribution >= 0.6 is 0 Å². The van der Waals surface area contributed by atoms with Gasteiger partial charge in [-0.3, -0.25) is 4.79 Å². The van der Waals surface area contributed by atoms with Crippen molar-refractivity contribution < 1.29 is 18.3 Å². The fourth-order valence-electron chi connectivity index (χ4n) is 2.68. The minimum Gasteiger partial charge on any atom is -0.480 e. The Kier molecular flexibility index (Phi) is 4.68. The number of carboxylic acids is 1. The fourth-order valence-corrected chi connectivity index (χ4v) is 4.32. The second-order valence-electron chi connectivity index (χ2n) is 5.68. The zero-order valence-corrected chi connectivity index (χ0v) is 13.2. The third kappa shape index (κ3) is 3.44. The van der Waals surface area contributed by atoms with E-state index >= 15 is 0 Å². The van der Waals surface area contributed by atoms with Crippen molar-refractivity contribution >= 4 is 16.0 Å². The van der Waals surface area contributed by atoms with Gasteiger partial charge in [-0.15, -0.1) is 0 Å². The number of aryl methyl sites for hydroxylation is 2. The summed E-state index contributed by atoms with van der Waals surface area (Å²) in [6.45, 7) is 2.84. The maximum atomic E-state index is 12.7. The first kappa shape index (κ1) is 16.0. The first-order valence-electron chi connectivity index (χ1n) is 7.18. The number of hydrogen-bond acceptors (Lipinski definition) is 3. The summed E-state index contributed by atoms with van der Waals surface area (Å²) in [7, 11) is -3.78. The van der Waals surface area contributed by atoms with E-state index < -0.39 is 28.6 Å². The van der Waals surface area contributed by atoms with Gasteiger partial charge in [0.05, 0.1) is 4.90 Å². The van der Waals surface area contributed by atoms with Crippen LogP contribution in [0.3, 0.4) is 0 Å². The van der Waals surface area contributed by atoms with E-state index in [1.807, 2.05) is 6.07 Å². The largest absolute Gasteiger partial charge is 0.480 e. The van der Waals surface area contributed by atoms with E-state index in [-0.39, 0.29) is 4.90 Å². The second-order valence-corrected chi connectivity index (χ2v) is 7.57.